The third-order valence-corrected chi connectivity index (χ3v) is 0.972. The Morgan fingerprint density at radius 3 is 1.87 bits per heavy atom. The number of imidazole rings is 1. The Balaban J connectivity index is 0.000000202. The van der Waals surface area contributed by atoms with Crippen LogP contribution in [0.4, 0.5) is 0 Å². The zero-order valence-corrected chi connectivity index (χ0v) is 8.37. The maximum atomic E-state index is 9.00. The molecule has 0 aliphatic heterocycles. The molecule has 15 heavy (non-hydrogen) atoms. The first-order chi connectivity index (χ1) is 7.23. The number of nitrogens with one attached hydrogen (secondary N) is 1. The molecule has 0 saturated carbocycles. The molecule has 2 heterocycles. The summed E-state index contributed by atoms with van der Waals surface area (Å²) in [7, 11) is 0. The van der Waals surface area contributed by atoms with Gasteiger partial charge in [-0.1, -0.05) is 6.07 Å². The number of carboxylic acids is 1. The standard InChI is InChI=1S/C5H5N.C3H4N2.C2H4O2/c1-2-4-6-5-3-1;1-2-5-3-4-1;1-2(3)4/h1-5H;1-3H,(H,4,5);1H3,(H,3,4). The van der Waals surface area contributed by atoms with Crippen molar-refractivity contribution in [1.82, 2.24) is 15.0 Å². The van der Waals surface area contributed by atoms with Crippen LogP contribution in [0.3, 0.4) is 0 Å². The second-order valence-corrected chi connectivity index (χ2v) is 2.30. The molecule has 0 spiro atoms. The Bertz CT molecular complexity index is 274. The lowest BCUT2D eigenvalue weighted by molar-refractivity contribution is -0.134. The zero-order chi connectivity index (χ0) is 11.4. The molecule has 0 amide bonds. The predicted octanol–water partition coefficient (Wildman–Crippen LogP) is 1.58. The first-order valence-electron chi connectivity index (χ1n) is 4.20. The van der Waals surface area contributed by atoms with E-state index in [-0.39, 0.29) is 0 Å². The van der Waals surface area contributed by atoms with Gasteiger partial charge in [0.15, 0.2) is 0 Å². The van der Waals surface area contributed by atoms with Crippen molar-refractivity contribution in [3.8, 4) is 0 Å². The van der Waals surface area contributed by atoms with Crippen molar-refractivity contribution in [2.45, 2.75) is 6.92 Å². The van der Waals surface area contributed by atoms with E-state index in [1.165, 1.54) is 0 Å². The summed E-state index contributed by atoms with van der Waals surface area (Å²) < 4.78 is 0. The smallest absolute Gasteiger partial charge is 0.300 e. The van der Waals surface area contributed by atoms with Crippen LogP contribution in [0.25, 0.3) is 0 Å². The van der Waals surface area contributed by atoms with Crippen LogP contribution in [-0.2, 0) is 4.79 Å². The van der Waals surface area contributed by atoms with Crippen LogP contribution in [0, 0.1) is 0 Å². The van der Waals surface area contributed by atoms with E-state index in [2.05, 4.69) is 15.0 Å². The molecule has 0 radical (unpaired) electrons. The minimum absolute atomic E-state index is 0.833. The third-order valence-electron chi connectivity index (χ3n) is 0.972. The van der Waals surface area contributed by atoms with E-state index in [9.17, 15) is 0 Å². The lowest BCUT2D eigenvalue weighted by Gasteiger charge is -1.70. The maximum absolute atomic E-state index is 9.00. The second kappa shape index (κ2) is 9.91. The van der Waals surface area contributed by atoms with Crippen molar-refractivity contribution < 1.29 is 9.90 Å². The fraction of sp³-hybridized carbons (Fsp3) is 0.100. The van der Waals surface area contributed by atoms with Crippen molar-refractivity contribution in [2.75, 3.05) is 0 Å². The summed E-state index contributed by atoms with van der Waals surface area (Å²) in [5.74, 6) is -0.833. The molecule has 0 atom stereocenters. The average molecular weight is 207 g/mol. The van der Waals surface area contributed by atoms with Crippen LogP contribution < -0.4 is 0 Å². The number of H-pyrrole nitrogens is 1. The Hall–Kier alpha value is -2.17. The first-order valence-corrected chi connectivity index (χ1v) is 4.20. The number of nitrogens with zero attached hydrogens (tertiary/aromatic N) is 2. The number of carbonyl (C=O) groups is 1. The minimum Gasteiger partial charge on any atom is -0.481 e. The number of rotatable bonds is 0. The Morgan fingerprint density at radius 2 is 1.73 bits per heavy atom. The molecule has 5 heteroatoms. The van der Waals surface area contributed by atoms with Crippen molar-refractivity contribution >= 4 is 5.97 Å². The molecule has 0 saturated heterocycles. The average Bonchev–Trinajstić information content (AvgIpc) is 2.77. The number of aromatic amines is 1. The molecular weight excluding hydrogens is 194 g/mol. The van der Waals surface area contributed by atoms with Gasteiger partial charge in [-0.2, -0.15) is 0 Å². The Kier molecular flexibility index (Phi) is 8.48. The normalized spacial score (nSPS) is 7.53. The number of aliphatic carboxylic acids is 1. The lowest BCUT2D eigenvalue weighted by atomic mass is 10.5. The van der Waals surface area contributed by atoms with Gasteiger partial charge in [-0.15, -0.1) is 0 Å². The summed E-state index contributed by atoms with van der Waals surface area (Å²) in [6.45, 7) is 1.08. The predicted molar refractivity (Wildman–Crippen MR) is 56.1 cm³/mol. The van der Waals surface area contributed by atoms with Gasteiger partial charge < -0.3 is 10.1 Å². The second-order valence-electron chi connectivity index (χ2n) is 2.30. The summed E-state index contributed by atoms with van der Waals surface area (Å²) >= 11 is 0. The molecular formula is C10H13N3O2. The van der Waals surface area contributed by atoms with E-state index >= 15 is 0 Å². The quantitative estimate of drug-likeness (QED) is 0.687. The largest absolute Gasteiger partial charge is 0.481 e. The number of hydrogen-bond donors (Lipinski definition) is 2. The number of hydrogen-bond acceptors (Lipinski definition) is 3. The Morgan fingerprint density at radius 1 is 1.13 bits per heavy atom. The van der Waals surface area contributed by atoms with E-state index in [4.69, 9.17) is 9.90 Å². The molecule has 2 aromatic heterocycles. The highest BCUT2D eigenvalue weighted by Gasteiger charge is 1.65. The lowest BCUT2D eigenvalue weighted by Crippen LogP contribution is -1.78. The molecule has 0 fully saturated rings. The topological polar surface area (TPSA) is 78.9 Å². The van der Waals surface area contributed by atoms with Gasteiger partial charge in [0.25, 0.3) is 5.97 Å². The maximum Gasteiger partial charge on any atom is 0.300 e. The molecule has 80 valence electrons. The van der Waals surface area contributed by atoms with Crippen LogP contribution in [0.15, 0.2) is 49.3 Å². The summed E-state index contributed by atoms with van der Waals surface area (Å²) in [6.07, 6.45) is 8.58. The van der Waals surface area contributed by atoms with Gasteiger partial charge in [-0.3, -0.25) is 9.78 Å². The summed E-state index contributed by atoms with van der Waals surface area (Å²) in [5, 5.41) is 7.42. The van der Waals surface area contributed by atoms with Gasteiger partial charge in [0, 0.05) is 31.7 Å². The summed E-state index contributed by atoms with van der Waals surface area (Å²) in [6, 6.07) is 5.72. The van der Waals surface area contributed by atoms with E-state index in [0.717, 1.165) is 6.92 Å². The van der Waals surface area contributed by atoms with Crippen molar-refractivity contribution in [3.05, 3.63) is 49.3 Å². The van der Waals surface area contributed by atoms with E-state index in [1.54, 1.807) is 31.1 Å². The molecule has 0 aliphatic carbocycles. The van der Waals surface area contributed by atoms with Crippen LogP contribution in [0.1, 0.15) is 6.92 Å². The van der Waals surface area contributed by atoms with Crippen LogP contribution >= 0.6 is 0 Å². The third kappa shape index (κ3) is 14.7. The highest BCUT2D eigenvalue weighted by Crippen LogP contribution is 1.73. The monoisotopic (exact) mass is 207 g/mol. The van der Waals surface area contributed by atoms with Crippen molar-refractivity contribution in [1.29, 1.82) is 0 Å². The van der Waals surface area contributed by atoms with E-state index < -0.39 is 5.97 Å². The highest BCUT2D eigenvalue weighted by molar-refractivity contribution is 5.62. The molecule has 0 unspecified atom stereocenters. The number of pyridine rings is 1. The van der Waals surface area contributed by atoms with E-state index in [1.807, 2.05) is 18.2 Å². The fourth-order valence-electron chi connectivity index (χ4n) is 0.528. The van der Waals surface area contributed by atoms with E-state index in [0.29, 0.717) is 0 Å². The summed E-state index contributed by atoms with van der Waals surface area (Å²) in [5.41, 5.74) is 0. The van der Waals surface area contributed by atoms with Gasteiger partial charge in [-0.25, -0.2) is 4.98 Å². The Labute approximate surface area is 87.8 Å². The van der Waals surface area contributed by atoms with Crippen LogP contribution in [0.5, 0.6) is 0 Å². The molecule has 0 aliphatic rings. The highest BCUT2D eigenvalue weighted by atomic mass is 16.4. The number of carboxylic acid groups (broad SMARTS) is 1. The van der Waals surface area contributed by atoms with Gasteiger partial charge in [0.1, 0.15) is 0 Å². The van der Waals surface area contributed by atoms with Gasteiger partial charge in [-0.05, 0) is 12.1 Å². The number of aromatic nitrogens is 3. The van der Waals surface area contributed by atoms with Crippen LogP contribution in [-0.4, -0.2) is 26.0 Å². The van der Waals surface area contributed by atoms with Gasteiger partial charge >= 0.3 is 0 Å². The van der Waals surface area contributed by atoms with Crippen LogP contribution in [0.2, 0.25) is 0 Å². The summed E-state index contributed by atoms with van der Waals surface area (Å²) in [4.78, 5) is 19.2. The minimum atomic E-state index is -0.833. The zero-order valence-electron chi connectivity index (χ0n) is 8.37. The van der Waals surface area contributed by atoms with Crippen molar-refractivity contribution in [3.63, 3.8) is 0 Å². The molecule has 2 rings (SSSR count). The molecule has 0 bridgehead atoms. The molecule has 5 nitrogen and oxygen atoms in total. The SMILES string of the molecule is CC(=O)O.c1c[nH]cn1.c1ccncc1. The fourth-order valence-corrected chi connectivity index (χ4v) is 0.528. The first kappa shape index (κ1) is 12.8. The molecule has 2 aromatic rings. The van der Waals surface area contributed by atoms with Gasteiger partial charge in [0.2, 0.25) is 0 Å². The van der Waals surface area contributed by atoms with Crippen molar-refractivity contribution in [2.24, 2.45) is 0 Å². The molecule has 0 aromatic carbocycles. The molecule has 2 N–H and O–H groups in total. The van der Waals surface area contributed by atoms with Gasteiger partial charge in [0.05, 0.1) is 6.33 Å².